The van der Waals surface area contributed by atoms with Crippen molar-refractivity contribution in [3.05, 3.63) is 100 Å². The molecule has 0 saturated carbocycles. The van der Waals surface area contributed by atoms with Crippen LogP contribution in [0.2, 0.25) is 0 Å². The van der Waals surface area contributed by atoms with Crippen molar-refractivity contribution >= 4 is 34.0 Å². The van der Waals surface area contributed by atoms with Crippen LogP contribution in [0.5, 0.6) is 5.75 Å². The Hall–Kier alpha value is -4.32. The fourth-order valence-electron chi connectivity index (χ4n) is 4.90. The number of H-pyrrole nitrogens is 1. The molecular formula is C29H26N2O4. The molecule has 5 rings (SSSR count). The molecular weight excluding hydrogens is 440 g/mol. The third-order valence-electron chi connectivity index (χ3n) is 6.66. The lowest BCUT2D eigenvalue weighted by molar-refractivity contribution is -0.132. The summed E-state index contributed by atoms with van der Waals surface area (Å²) in [5.74, 6) is -0.929. The fraction of sp³-hybridized carbons (Fsp3) is 0.172. The smallest absolute Gasteiger partial charge is 0.300 e. The molecule has 0 spiro atoms. The number of anilines is 1. The lowest BCUT2D eigenvalue weighted by Gasteiger charge is -2.26. The minimum atomic E-state index is -0.806. The number of aromatic amines is 1. The molecule has 1 unspecified atom stereocenters. The number of hydrogen-bond acceptors (Lipinski definition) is 4. The Morgan fingerprint density at radius 2 is 1.69 bits per heavy atom. The summed E-state index contributed by atoms with van der Waals surface area (Å²) < 4.78 is 5.27. The van der Waals surface area contributed by atoms with Gasteiger partial charge in [0.25, 0.3) is 11.7 Å². The molecule has 1 fully saturated rings. The van der Waals surface area contributed by atoms with Gasteiger partial charge in [-0.3, -0.25) is 14.5 Å². The van der Waals surface area contributed by atoms with Crippen LogP contribution < -0.4 is 9.64 Å². The zero-order valence-electron chi connectivity index (χ0n) is 20.0. The maximum Gasteiger partial charge on any atom is 0.300 e. The standard InChI is InChI=1S/C29H26N2O4/c1-16-9-10-17(2)22(15-16)27(32)25-26(24-18(3)30-23-8-6-5-7-21(23)24)31(29(34)28(25)33)19-11-13-20(35-4)14-12-19/h5-15,26,30,32H,1-4H3/b27-25+. The highest BCUT2D eigenvalue weighted by atomic mass is 16.5. The van der Waals surface area contributed by atoms with Crippen molar-refractivity contribution in [1.82, 2.24) is 4.98 Å². The molecule has 2 heterocycles. The van der Waals surface area contributed by atoms with Crippen molar-refractivity contribution in [2.75, 3.05) is 12.0 Å². The van der Waals surface area contributed by atoms with E-state index in [0.717, 1.165) is 33.3 Å². The average Bonchev–Trinajstić information content (AvgIpc) is 3.32. The van der Waals surface area contributed by atoms with Crippen LogP contribution in [0.3, 0.4) is 0 Å². The van der Waals surface area contributed by atoms with E-state index in [4.69, 9.17) is 4.74 Å². The van der Waals surface area contributed by atoms with E-state index in [1.165, 1.54) is 4.90 Å². The van der Waals surface area contributed by atoms with Gasteiger partial charge in [-0.25, -0.2) is 0 Å². The number of para-hydroxylation sites is 1. The van der Waals surface area contributed by atoms with Crippen molar-refractivity contribution in [1.29, 1.82) is 0 Å². The molecule has 4 aromatic rings. The summed E-state index contributed by atoms with van der Waals surface area (Å²) in [5.41, 5.74) is 5.42. The summed E-state index contributed by atoms with van der Waals surface area (Å²) in [6.07, 6.45) is 0. The van der Waals surface area contributed by atoms with E-state index in [0.29, 0.717) is 17.0 Å². The predicted octanol–water partition coefficient (Wildman–Crippen LogP) is 5.73. The van der Waals surface area contributed by atoms with Crippen molar-refractivity contribution < 1.29 is 19.4 Å². The number of aromatic nitrogens is 1. The zero-order chi connectivity index (χ0) is 24.9. The first-order valence-corrected chi connectivity index (χ1v) is 11.4. The Kier molecular flexibility index (Phi) is 5.44. The molecule has 1 aliphatic heterocycles. The molecule has 0 bridgehead atoms. The molecule has 6 nitrogen and oxygen atoms in total. The number of rotatable bonds is 4. The van der Waals surface area contributed by atoms with Crippen LogP contribution in [0.4, 0.5) is 5.69 Å². The summed E-state index contributed by atoms with van der Waals surface area (Å²) in [6.45, 7) is 5.72. The third-order valence-corrected chi connectivity index (χ3v) is 6.66. The van der Waals surface area contributed by atoms with Gasteiger partial charge in [-0.2, -0.15) is 0 Å². The monoisotopic (exact) mass is 466 g/mol. The Balaban J connectivity index is 1.82. The SMILES string of the molecule is COc1ccc(N2C(=O)C(=O)/C(=C(/O)c3cc(C)ccc3C)C2c2c(C)[nH]c3ccccc23)cc1. The van der Waals surface area contributed by atoms with Gasteiger partial charge in [-0.05, 0) is 62.7 Å². The molecule has 1 amide bonds. The predicted molar refractivity (Wildman–Crippen MR) is 137 cm³/mol. The topological polar surface area (TPSA) is 82.6 Å². The average molecular weight is 467 g/mol. The van der Waals surface area contributed by atoms with Crippen LogP contribution in [0.1, 0.15) is 34.0 Å². The minimum absolute atomic E-state index is 0.0763. The van der Waals surface area contributed by atoms with Crippen LogP contribution in [0.15, 0.2) is 72.3 Å². The maximum atomic E-state index is 13.5. The molecule has 176 valence electrons. The first-order chi connectivity index (χ1) is 16.8. The number of amides is 1. The summed E-state index contributed by atoms with van der Waals surface area (Å²) in [5, 5.41) is 12.4. The molecule has 1 atom stereocenters. The van der Waals surface area contributed by atoms with Gasteiger partial charge < -0.3 is 14.8 Å². The number of ketones is 1. The van der Waals surface area contributed by atoms with Gasteiger partial charge >= 0.3 is 0 Å². The number of ether oxygens (including phenoxy) is 1. The summed E-state index contributed by atoms with van der Waals surface area (Å²) in [7, 11) is 1.57. The van der Waals surface area contributed by atoms with Crippen molar-refractivity contribution in [3.8, 4) is 5.75 Å². The second kappa shape index (κ2) is 8.47. The van der Waals surface area contributed by atoms with Crippen molar-refractivity contribution in [3.63, 3.8) is 0 Å². The Morgan fingerprint density at radius 1 is 0.971 bits per heavy atom. The number of nitrogens with zero attached hydrogens (tertiary/aromatic N) is 1. The number of aliphatic hydroxyl groups excluding tert-OH is 1. The van der Waals surface area contributed by atoms with Crippen LogP contribution in [0.25, 0.3) is 16.7 Å². The number of carbonyl (C=O) groups is 2. The normalized spacial score (nSPS) is 17.4. The summed E-state index contributed by atoms with van der Waals surface area (Å²) in [6, 6.07) is 19.6. The second-order valence-electron chi connectivity index (χ2n) is 8.89. The van der Waals surface area contributed by atoms with Gasteiger partial charge in [-0.1, -0.05) is 35.9 Å². The highest BCUT2D eigenvalue weighted by Crippen LogP contribution is 2.46. The quantitative estimate of drug-likeness (QED) is 0.229. The van der Waals surface area contributed by atoms with Gasteiger partial charge in [0, 0.05) is 33.4 Å². The van der Waals surface area contributed by atoms with Crippen molar-refractivity contribution in [2.24, 2.45) is 0 Å². The first kappa shape index (κ1) is 22.5. The molecule has 3 aromatic carbocycles. The van der Waals surface area contributed by atoms with Gasteiger partial charge in [0.1, 0.15) is 11.5 Å². The van der Waals surface area contributed by atoms with Crippen molar-refractivity contribution in [2.45, 2.75) is 26.8 Å². The number of carbonyl (C=O) groups excluding carboxylic acids is 2. The van der Waals surface area contributed by atoms with E-state index in [1.54, 1.807) is 31.4 Å². The number of Topliss-reactive ketones (excluding diaryl/α,β-unsaturated/α-hetero) is 1. The van der Waals surface area contributed by atoms with E-state index < -0.39 is 17.7 Å². The number of benzene rings is 3. The lowest BCUT2D eigenvalue weighted by Crippen LogP contribution is -2.29. The summed E-state index contributed by atoms with van der Waals surface area (Å²) >= 11 is 0. The fourth-order valence-corrected chi connectivity index (χ4v) is 4.90. The zero-order valence-corrected chi connectivity index (χ0v) is 20.0. The lowest BCUT2D eigenvalue weighted by atomic mass is 9.91. The molecule has 35 heavy (non-hydrogen) atoms. The second-order valence-corrected chi connectivity index (χ2v) is 8.89. The third kappa shape index (κ3) is 3.58. The van der Waals surface area contributed by atoms with Gasteiger partial charge in [0.15, 0.2) is 0 Å². The largest absolute Gasteiger partial charge is 0.507 e. The maximum absolute atomic E-state index is 13.5. The number of nitrogens with one attached hydrogen (secondary N) is 1. The van der Waals surface area contributed by atoms with Gasteiger partial charge in [-0.15, -0.1) is 0 Å². The van der Waals surface area contributed by atoms with Crippen LogP contribution in [-0.2, 0) is 9.59 Å². The molecule has 0 radical (unpaired) electrons. The van der Waals surface area contributed by atoms with E-state index in [2.05, 4.69) is 4.98 Å². The van der Waals surface area contributed by atoms with Gasteiger partial charge in [0.2, 0.25) is 0 Å². The number of aryl methyl sites for hydroxylation is 3. The van der Waals surface area contributed by atoms with E-state index in [-0.39, 0.29) is 11.3 Å². The van der Waals surface area contributed by atoms with E-state index in [1.807, 2.05) is 63.2 Å². The number of hydrogen-bond donors (Lipinski definition) is 2. The highest BCUT2D eigenvalue weighted by Gasteiger charge is 2.48. The van der Waals surface area contributed by atoms with Crippen LogP contribution in [-0.4, -0.2) is 28.9 Å². The Labute approximate surface area is 203 Å². The molecule has 6 heteroatoms. The first-order valence-electron chi connectivity index (χ1n) is 11.4. The Bertz CT molecular complexity index is 1510. The molecule has 2 N–H and O–H groups in total. The molecule has 0 aliphatic carbocycles. The molecule has 1 aromatic heterocycles. The molecule has 1 aliphatic rings. The van der Waals surface area contributed by atoms with E-state index >= 15 is 0 Å². The summed E-state index contributed by atoms with van der Waals surface area (Å²) in [4.78, 5) is 31.9. The van der Waals surface area contributed by atoms with Gasteiger partial charge in [0.05, 0.1) is 18.7 Å². The number of aliphatic hydroxyl groups is 1. The number of methoxy groups -OCH3 is 1. The highest BCUT2D eigenvalue weighted by molar-refractivity contribution is 6.52. The minimum Gasteiger partial charge on any atom is -0.507 e. The van der Waals surface area contributed by atoms with E-state index in [9.17, 15) is 14.7 Å². The van der Waals surface area contributed by atoms with Crippen LogP contribution >= 0.6 is 0 Å². The Morgan fingerprint density at radius 3 is 2.40 bits per heavy atom. The number of fused-ring (bicyclic) bond motifs is 1. The van der Waals surface area contributed by atoms with Crippen LogP contribution in [0, 0.1) is 20.8 Å². The molecule has 1 saturated heterocycles.